The maximum Gasteiger partial charge on any atom is 0.309 e. The van der Waals surface area contributed by atoms with Crippen LogP contribution in [0.15, 0.2) is 72.9 Å². The molecule has 0 N–H and O–H groups in total. The van der Waals surface area contributed by atoms with Gasteiger partial charge in [-0.3, -0.25) is 14.4 Å². The van der Waals surface area contributed by atoms with Gasteiger partial charge in [-0.25, -0.2) is 0 Å². The van der Waals surface area contributed by atoms with E-state index in [2.05, 4.69) is 81.5 Å². The predicted octanol–water partition coefficient (Wildman–Crippen LogP) is 14.7. The highest BCUT2D eigenvalue weighted by Gasteiger charge is 2.19. The molecule has 0 aromatic carbocycles. The normalized spacial score (nSPS) is 12.7. The first kappa shape index (κ1) is 52.9. The second kappa shape index (κ2) is 44.6. The topological polar surface area (TPSA) is 78.9 Å². The molecule has 0 aliphatic carbocycles. The Hall–Kier alpha value is -3.15. The Morgan fingerprint density at radius 2 is 0.768 bits per heavy atom. The van der Waals surface area contributed by atoms with Gasteiger partial charge in [0.2, 0.25) is 0 Å². The number of esters is 3. The molecule has 0 aliphatic rings. The summed E-state index contributed by atoms with van der Waals surface area (Å²) in [5.74, 6) is -1.06. The lowest BCUT2D eigenvalue weighted by atomic mass is 10.1. The van der Waals surface area contributed by atoms with Crippen LogP contribution in [0.5, 0.6) is 0 Å². The molecule has 0 saturated heterocycles. The number of hydrogen-bond donors (Lipinski definition) is 0. The van der Waals surface area contributed by atoms with Gasteiger partial charge in [-0.15, -0.1) is 0 Å². The molecule has 0 radical (unpaired) electrons. The number of hydrogen-bond acceptors (Lipinski definition) is 6. The van der Waals surface area contributed by atoms with Crippen molar-refractivity contribution < 1.29 is 28.6 Å². The molecule has 1 unspecified atom stereocenters. The highest BCUT2D eigenvalue weighted by molar-refractivity contribution is 5.72. The Morgan fingerprint density at radius 1 is 0.393 bits per heavy atom. The molecule has 56 heavy (non-hydrogen) atoms. The summed E-state index contributed by atoms with van der Waals surface area (Å²) in [6, 6.07) is 0. The van der Waals surface area contributed by atoms with Crippen molar-refractivity contribution in [2.24, 2.45) is 0 Å². The van der Waals surface area contributed by atoms with Crippen LogP contribution in [-0.4, -0.2) is 37.2 Å². The van der Waals surface area contributed by atoms with E-state index in [9.17, 15) is 14.4 Å². The van der Waals surface area contributed by atoms with Crippen LogP contribution in [0, 0.1) is 0 Å². The minimum atomic E-state index is -0.815. The lowest BCUT2D eigenvalue weighted by Gasteiger charge is -2.18. The third-order valence-corrected chi connectivity index (χ3v) is 9.48. The second-order valence-corrected chi connectivity index (χ2v) is 14.9. The van der Waals surface area contributed by atoms with Crippen molar-refractivity contribution in [3.63, 3.8) is 0 Å². The fourth-order valence-electron chi connectivity index (χ4n) is 6.04. The Morgan fingerprint density at radius 3 is 1.27 bits per heavy atom. The molecule has 6 heteroatoms. The van der Waals surface area contributed by atoms with Crippen LogP contribution in [0.3, 0.4) is 0 Å². The number of carbonyl (C=O) groups is 3. The largest absolute Gasteiger partial charge is 0.462 e. The molecule has 0 fully saturated rings. The Labute approximate surface area is 344 Å². The number of unbranched alkanes of at least 4 members (excludes halogenated alkanes) is 18. The molecule has 0 spiro atoms. The van der Waals surface area contributed by atoms with Gasteiger partial charge in [0.05, 0.1) is 6.42 Å². The SMILES string of the molecule is CC/C=C\C/C=C\C/C=C\C/C=C\C/C=C\CC(=O)OCC(COC(=O)CCCCCCCCCCCCC)OC(=O)CCCCCCC/C=C\CCCCC. The fourth-order valence-corrected chi connectivity index (χ4v) is 6.04. The van der Waals surface area contributed by atoms with Crippen molar-refractivity contribution in [1.29, 1.82) is 0 Å². The molecule has 0 aliphatic heterocycles. The lowest BCUT2D eigenvalue weighted by Crippen LogP contribution is -2.30. The van der Waals surface area contributed by atoms with Gasteiger partial charge in [0.25, 0.3) is 0 Å². The van der Waals surface area contributed by atoms with Crippen LogP contribution in [0.25, 0.3) is 0 Å². The van der Waals surface area contributed by atoms with Gasteiger partial charge in [0, 0.05) is 12.8 Å². The average Bonchev–Trinajstić information content (AvgIpc) is 3.19. The summed E-state index contributed by atoms with van der Waals surface area (Å²) in [7, 11) is 0. The summed E-state index contributed by atoms with van der Waals surface area (Å²) in [6.07, 6.45) is 54.8. The van der Waals surface area contributed by atoms with Crippen molar-refractivity contribution in [2.75, 3.05) is 13.2 Å². The molecule has 0 heterocycles. The molecule has 320 valence electrons. The van der Waals surface area contributed by atoms with E-state index >= 15 is 0 Å². The number of allylic oxidation sites excluding steroid dienone is 11. The maximum atomic E-state index is 12.7. The average molecular weight is 781 g/mol. The van der Waals surface area contributed by atoms with E-state index in [4.69, 9.17) is 14.2 Å². The lowest BCUT2D eigenvalue weighted by molar-refractivity contribution is -0.166. The Bertz CT molecular complexity index is 1080. The van der Waals surface area contributed by atoms with Gasteiger partial charge in [-0.2, -0.15) is 0 Å². The first-order chi connectivity index (χ1) is 27.5. The predicted molar refractivity (Wildman–Crippen MR) is 238 cm³/mol. The van der Waals surface area contributed by atoms with E-state index in [0.29, 0.717) is 12.8 Å². The van der Waals surface area contributed by atoms with E-state index in [1.807, 2.05) is 6.08 Å². The molecule has 0 bridgehead atoms. The van der Waals surface area contributed by atoms with Crippen LogP contribution >= 0.6 is 0 Å². The zero-order valence-electron chi connectivity index (χ0n) is 36.4. The van der Waals surface area contributed by atoms with E-state index in [1.54, 1.807) is 6.08 Å². The molecule has 1 atom stereocenters. The van der Waals surface area contributed by atoms with Gasteiger partial charge >= 0.3 is 17.9 Å². The monoisotopic (exact) mass is 781 g/mol. The summed E-state index contributed by atoms with van der Waals surface area (Å²) in [4.78, 5) is 37.7. The van der Waals surface area contributed by atoms with Crippen LogP contribution in [0.1, 0.15) is 207 Å². The first-order valence-electron chi connectivity index (χ1n) is 22.9. The minimum Gasteiger partial charge on any atom is -0.462 e. The molecular formula is C50H84O6. The van der Waals surface area contributed by atoms with Crippen molar-refractivity contribution in [3.8, 4) is 0 Å². The van der Waals surface area contributed by atoms with Crippen LogP contribution in [0.2, 0.25) is 0 Å². The molecule has 0 aromatic heterocycles. The Kier molecular flexibility index (Phi) is 42.1. The summed E-state index contributed by atoms with van der Waals surface area (Å²) >= 11 is 0. The second-order valence-electron chi connectivity index (χ2n) is 14.9. The highest BCUT2D eigenvalue weighted by atomic mass is 16.6. The van der Waals surface area contributed by atoms with E-state index in [-0.39, 0.29) is 31.6 Å². The maximum absolute atomic E-state index is 12.7. The smallest absolute Gasteiger partial charge is 0.309 e. The van der Waals surface area contributed by atoms with Gasteiger partial charge in [-0.05, 0) is 70.6 Å². The molecule has 0 rings (SSSR count). The standard InChI is InChI=1S/C50H84O6/c1-4-7-10-13-16-19-22-24-25-26-29-31-34-37-40-43-49(52)55-46-47(45-54-48(51)42-39-36-33-30-27-21-18-15-12-9-6-3)56-50(53)44-41-38-35-32-28-23-20-17-14-11-8-5-2/h7,10,16-17,19-20,24-25,29,31,37,40,47H,4-6,8-9,11-15,18,21-23,26-28,30,32-36,38-39,41-46H2,1-3H3/b10-7-,19-16-,20-17-,25-24-,31-29-,40-37-. The van der Waals surface area contributed by atoms with E-state index in [0.717, 1.165) is 83.5 Å². The van der Waals surface area contributed by atoms with E-state index in [1.165, 1.54) is 83.5 Å². The summed E-state index contributed by atoms with van der Waals surface area (Å²) in [5.41, 5.74) is 0. The summed E-state index contributed by atoms with van der Waals surface area (Å²) < 4.78 is 16.6. The van der Waals surface area contributed by atoms with Crippen molar-refractivity contribution in [3.05, 3.63) is 72.9 Å². The third-order valence-electron chi connectivity index (χ3n) is 9.48. The van der Waals surface area contributed by atoms with Crippen LogP contribution in [-0.2, 0) is 28.6 Å². The molecule has 0 amide bonds. The zero-order chi connectivity index (χ0) is 40.8. The quantitative estimate of drug-likeness (QED) is 0.0267. The molecule has 6 nitrogen and oxygen atoms in total. The molecule has 0 saturated carbocycles. The minimum absolute atomic E-state index is 0.108. The van der Waals surface area contributed by atoms with Gasteiger partial charge in [0.15, 0.2) is 6.10 Å². The molecule has 0 aromatic rings. The van der Waals surface area contributed by atoms with Crippen LogP contribution < -0.4 is 0 Å². The van der Waals surface area contributed by atoms with Crippen molar-refractivity contribution in [2.45, 2.75) is 213 Å². The number of ether oxygens (including phenoxy) is 3. The number of rotatable bonds is 40. The first-order valence-corrected chi connectivity index (χ1v) is 22.9. The zero-order valence-corrected chi connectivity index (χ0v) is 36.4. The summed E-state index contributed by atoms with van der Waals surface area (Å²) in [6.45, 7) is 6.38. The third kappa shape index (κ3) is 42.0. The fraction of sp³-hybridized carbons (Fsp3) is 0.700. The molecular weight excluding hydrogens is 697 g/mol. The highest BCUT2D eigenvalue weighted by Crippen LogP contribution is 2.13. The van der Waals surface area contributed by atoms with Crippen LogP contribution in [0.4, 0.5) is 0 Å². The van der Waals surface area contributed by atoms with Gasteiger partial charge < -0.3 is 14.2 Å². The Balaban J connectivity index is 4.52. The van der Waals surface area contributed by atoms with Crippen molar-refractivity contribution >= 4 is 17.9 Å². The van der Waals surface area contributed by atoms with Gasteiger partial charge in [-0.1, -0.05) is 190 Å². The summed E-state index contributed by atoms with van der Waals surface area (Å²) in [5, 5.41) is 0. The van der Waals surface area contributed by atoms with Gasteiger partial charge in [0.1, 0.15) is 13.2 Å². The number of carbonyl (C=O) groups excluding carboxylic acids is 3. The van der Waals surface area contributed by atoms with Crippen molar-refractivity contribution in [1.82, 2.24) is 0 Å². The van der Waals surface area contributed by atoms with E-state index < -0.39 is 12.1 Å².